The molecule has 2 amide bonds. The molecule has 0 saturated carbocycles. The van der Waals surface area contributed by atoms with Gasteiger partial charge in [0.25, 0.3) is 0 Å². The molecule has 0 aliphatic rings. The minimum atomic E-state index is -0.549. The summed E-state index contributed by atoms with van der Waals surface area (Å²) in [6, 6.07) is 17.4. The minimum absolute atomic E-state index is 0.184. The molecule has 6 N–H and O–H groups in total. The van der Waals surface area contributed by atoms with Crippen LogP contribution in [0.2, 0.25) is 0 Å². The first-order valence-corrected chi connectivity index (χ1v) is 11.5. The van der Waals surface area contributed by atoms with Gasteiger partial charge in [0.2, 0.25) is 11.8 Å². The number of para-hydroxylation sites is 2. The molecular formula is C20H26N4O2S2. The van der Waals surface area contributed by atoms with Crippen molar-refractivity contribution in [2.24, 2.45) is 11.5 Å². The Balaban J connectivity index is 1.54. The predicted octanol–water partition coefficient (Wildman–Crippen LogP) is 3.08. The van der Waals surface area contributed by atoms with Crippen LogP contribution in [0.3, 0.4) is 0 Å². The molecular weight excluding hydrogens is 392 g/mol. The lowest BCUT2D eigenvalue weighted by molar-refractivity contribution is -0.118. The number of nitrogens with two attached hydrogens (primary N) is 2. The quantitative estimate of drug-likeness (QED) is 0.330. The van der Waals surface area contributed by atoms with Crippen molar-refractivity contribution >= 4 is 44.8 Å². The van der Waals surface area contributed by atoms with E-state index >= 15 is 0 Å². The lowest BCUT2D eigenvalue weighted by Crippen LogP contribution is -2.36. The number of hydrogen-bond donors (Lipinski definition) is 4. The minimum Gasteiger partial charge on any atom is -0.325 e. The summed E-state index contributed by atoms with van der Waals surface area (Å²) >= 11 is 0. The van der Waals surface area contributed by atoms with Gasteiger partial charge in [-0.3, -0.25) is 9.59 Å². The molecule has 8 heteroatoms. The zero-order valence-electron chi connectivity index (χ0n) is 15.5. The highest BCUT2D eigenvalue weighted by atomic mass is 33.1. The Morgan fingerprint density at radius 2 is 1.07 bits per heavy atom. The molecule has 1 unspecified atom stereocenters. The highest BCUT2D eigenvalue weighted by Crippen LogP contribution is 2.23. The number of anilines is 2. The maximum Gasteiger partial charge on any atom is 0.241 e. The van der Waals surface area contributed by atoms with Gasteiger partial charge in [0.1, 0.15) is 0 Å². The van der Waals surface area contributed by atoms with Crippen LogP contribution in [0, 0.1) is 0 Å². The van der Waals surface area contributed by atoms with Crippen LogP contribution in [-0.2, 0) is 9.59 Å². The van der Waals surface area contributed by atoms with Gasteiger partial charge in [-0.15, -0.1) is 0 Å². The molecule has 0 aliphatic carbocycles. The molecule has 2 rings (SSSR count). The smallest absolute Gasteiger partial charge is 0.241 e. The van der Waals surface area contributed by atoms with Crippen molar-refractivity contribution < 1.29 is 9.59 Å². The molecule has 0 radical (unpaired) electrons. The summed E-state index contributed by atoms with van der Waals surface area (Å²) in [5, 5.41) is 5.60. The number of nitrogens with one attached hydrogen (secondary N) is 2. The first kappa shape index (κ1) is 22.3. The highest BCUT2D eigenvalue weighted by Gasteiger charge is 2.15. The summed E-state index contributed by atoms with van der Waals surface area (Å²) in [7, 11) is 3.26. The van der Waals surface area contributed by atoms with Gasteiger partial charge in [-0.2, -0.15) is 0 Å². The number of carbonyl (C=O) groups excluding carboxylic acids is 2. The van der Waals surface area contributed by atoms with Crippen molar-refractivity contribution in [1.29, 1.82) is 0 Å². The summed E-state index contributed by atoms with van der Waals surface area (Å²) in [6.45, 7) is 0. The molecule has 0 fully saturated rings. The molecule has 0 saturated heterocycles. The van der Waals surface area contributed by atoms with Crippen molar-refractivity contribution in [3.63, 3.8) is 0 Å². The zero-order chi connectivity index (χ0) is 20.2. The summed E-state index contributed by atoms with van der Waals surface area (Å²) in [4.78, 5) is 24.1. The molecule has 2 aromatic carbocycles. The normalized spacial score (nSPS) is 12.8. The van der Waals surface area contributed by atoms with E-state index < -0.39 is 12.1 Å². The molecule has 6 nitrogen and oxygen atoms in total. The Morgan fingerprint density at radius 3 is 1.43 bits per heavy atom. The van der Waals surface area contributed by atoms with E-state index in [1.54, 1.807) is 21.6 Å². The van der Waals surface area contributed by atoms with Gasteiger partial charge in [0.15, 0.2) is 0 Å². The SMILES string of the molecule is NC(CCSSCC[C@@H](N)C(=O)Nc1ccccc1)C(=O)Nc1ccccc1. The van der Waals surface area contributed by atoms with Crippen molar-refractivity contribution in [2.75, 3.05) is 22.1 Å². The highest BCUT2D eigenvalue weighted by molar-refractivity contribution is 8.76. The largest absolute Gasteiger partial charge is 0.325 e. The van der Waals surface area contributed by atoms with Crippen LogP contribution < -0.4 is 22.1 Å². The standard InChI is InChI=1S/C20H26N4O2S2/c21-17(19(25)23-15-7-3-1-4-8-15)11-13-27-28-14-12-18(22)20(26)24-16-9-5-2-6-10-16/h1-10,17-18H,11-14,21-22H2,(H,23,25)(H,24,26)/t17-,18?/m1/s1. The van der Waals surface area contributed by atoms with Gasteiger partial charge in [-0.05, 0) is 37.1 Å². The maximum atomic E-state index is 12.0. The van der Waals surface area contributed by atoms with E-state index in [0.717, 1.165) is 22.9 Å². The van der Waals surface area contributed by atoms with Crippen molar-refractivity contribution in [2.45, 2.75) is 24.9 Å². The van der Waals surface area contributed by atoms with Crippen molar-refractivity contribution in [1.82, 2.24) is 0 Å². The molecule has 2 atom stereocenters. The molecule has 28 heavy (non-hydrogen) atoms. The molecule has 0 heterocycles. The second-order valence-electron chi connectivity index (χ2n) is 6.14. The van der Waals surface area contributed by atoms with Crippen LogP contribution >= 0.6 is 21.6 Å². The number of benzene rings is 2. The Labute approximate surface area is 173 Å². The van der Waals surface area contributed by atoms with Crippen LogP contribution in [-0.4, -0.2) is 35.4 Å². The number of carbonyl (C=O) groups is 2. The Morgan fingerprint density at radius 1 is 0.714 bits per heavy atom. The summed E-state index contributed by atoms with van der Waals surface area (Å²) in [5.41, 5.74) is 13.4. The topological polar surface area (TPSA) is 110 Å². The van der Waals surface area contributed by atoms with E-state index in [0.29, 0.717) is 12.8 Å². The van der Waals surface area contributed by atoms with Gasteiger partial charge in [0.05, 0.1) is 12.1 Å². The van der Waals surface area contributed by atoms with Gasteiger partial charge in [-0.1, -0.05) is 58.0 Å². The van der Waals surface area contributed by atoms with Crippen molar-refractivity contribution in [3.8, 4) is 0 Å². The van der Waals surface area contributed by atoms with Gasteiger partial charge in [0, 0.05) is 22.9 Å². The molecule has 150 valence electrons. The average Bonchev–Trinajstić information content (AvgIpc) is 2.71. The number of rotatable bonds is 11. The predicted molar refractivity (Wildman–Crippen MR) is 120 cm³/mol. The number of hydrogen-bond acceptors (Lipinski definition) is 6. The van der Waals surface area contributed by atoms with Crippen LogP contribution in [0.15, 0.2) is 60.7 Å². The van der Waals surface area contributed by atoms with Gasteiger partial charge >= 0.3 is 0 Å². The Kier molecular flexibility index (Phi) is 9.92. The van der Waals surface area contributed by atoms with Crippen LogP contribution in [0.4, 0.5) is 11.4 Å². The Hall–Kier alpha value is -2.00. The van der Waals surface area contributed by atoms with Crippen molar-refractivity contribution in [3.05, 3.63) is 60.7 Å². The monoisotopic (exact) mass is 418 g/mol. The second kappa shape index (κ2) is 12.5. The molecule has 0 aromatic heterocycles. The van der Waals surface area contributed by atoms with Crippen LogP contribution in [0.1, 0.15) is 12.8 Å². The first-order chi connectivity index (χ1) is 13.6. The van der Waals surface area contributed by atoms with E-state index in [-0.39, 0.29) is 11.8 Å². The molecule has 0 aliphatic heterocycles. The summed E-state index contributed by atoms with van der Waals surface area (Å²) in [5.74, 6) is 1.13. The fourth-order valence-electron chi connectivity index (χ4n) is 2.24. The number of amides is 2. The van der Waals surface area contributed by atoms with E-state index in [9.17, 15) is 9.59 Å². The zero-order valence-corrected chi connectivity index (χ0v) is 17.2. The van der Waals surface area contributed by atoms with Crippen LogP contribution in [0.25, 0.3) is 0 Å². The van der Waals surface area contributed by atoms with Gasteiger partial charge in [-0.25, -0.2) is 0 Å². The van der Waals surface area contributed by atoms with Crippen LogP contribution in [0.5, 0.6) is 0 Å². The lowest BCUT2D eigenvalue weighted by atomic mass is 10.2. The Bertz CT molecular complexity index is 668. The second-order valence-corrected chi connectivity index (χ2v) is 8.85. The maximum absolute atomic E-state index is 12.0. The van der Waals surface area contributed by atoms with Gasteiger partial charge < -0.3 is 22.1 Å². The fourth-order valence-corrected chi connectivity index (χ4v) is 4.46. The summed E-state index contributed by atoms with van der Waals surface area (Å²) in [6.07, 6.45) is 1.16. The third-order valence-electron chi connectivity index (χ3n) is 3.86. The van der Waals surface area contributed by atoms with E-state index in [2.05, 4.69) is 10.6 Å². The van der Waals surface area contributed by atoms with E-state index in [1.807, 2.05) is 60.7 Å². The molecule has 2 aromatic rings. The molecule has 0 bridgehead atoms. The average molecular weight is 419 g/mol. The third kappa shape index (κ3) is 8.35. The summed E-state index contributed by atoms with van der Waals surface area (Å²) < 4.78 is 0. The lowest BCUT2D eigenvalue weighted by Gasteiger charge is -2.13. The van der Waals surface area contributed by atoms with E-state index in [4.69, 9.17) is 11.5 Å². The van der Waals surface area contributed by atoms with E-state index in [1.165, 1.54) is 0 Å². The third-order valence-corrected chi connectivity index (χ3v) is 6.34. The fraction of sp³-hybridized carbons (Fsp3) is 0.300. The first-order valence-electron chi connectivity index (χ1n) is 9.03. The molecule has 0 spiro atoms.